The molecule has 0 fully saturated rings. The van der Waals surface area contributed by atoms with Crippen LogP contribution >= 0.6 is 0 Å². The van der Waals surface area contributed by atoms with Crippen molar-refractivity contribution in [3.63, 3.8) is 0 Å². The first-order chi connectivity index (χ1) is 11.0. The molecule has 0 amide bonds. The van der Waals surface area contributed by atoms with Crippen LogP contribution in [-0.4, -0.2) is 35.9 Å². The second-order valence-electron chi connectivity index (χ2n) is 5.95. The zero-order valence-electron chi connectivity index (χ0n) is 14.2. The number of hydrogen-bond donors (Lipinski definition) is 2. The number of aromatic hydroxyl groups is 1. The van der Waals surface area contributed by atoms with Gasteiger partial charge >= 0.3 is 0 Å². The second-order valence-corrected chi connectivity index (χ2v) is 5.95. The van der Waals surface area contributed by atoms with Gasteiger partial charge in [0, 0.05) is 12.1 Å². The first kappa shape index (κ1) is 17.3. The van der Waals surface area contributed by atoms with Gasteiger partial charge in [-0.15, -0.1) is 0 Å². The molecule has 4 nitrogen and oxygen atoms in total. The number of nitrogens with zero attached hydrogens (tertiary/aromatic N) is 1. The Labute approximate surface area is 138 Å². The fraction of sp³-hybridized carbons (Fsp3) is 0.368. The summed E-state index contributed by atoms with van der Waals surface area (Å²) in [6, 6.07) is 11.3. The number of likely N-dealkylation sites (N-methyl/N-ethyl adjacent to an activating group) is 1. The molecular formula is C19H25NO3. The normalized spacial score (nSPS) is 12.4. The lowest BCUT2D eigenvalue weighted by Gasteiger charge is -2.27. The van der Waals surface area contributed by atoms with Crippen molar-refractivity contribution in [2.45, 2.75) is 26.4 Å². The predicted octanol–water partition coefficient (Wildman–Crippen LogP) is 3.18. The minimum atomic E-state index is -0.137. The first-order valence-electron chi connectivity index (χ1n) is 7.70. The molecule has 1 unspecified atom stereocenters. The molecule has 2 rings (SSSR count). The number of rotatable bonds is 6. The van der Waals surface area contributed by atoms with Gasteiger partial charge in [0.15, 0.2) is 0 Å². The molecule has 0 spiro atoms. The van der Waals surface area contributed by atoms with Crippen molar-refractivity contribution in [3.05, 3.63) is 58.7 Å². The second kappa shape index (κ2) is 7.49. The van der Waals surface area contributed by atoms with E-state index < -0.39 is 0 Å². The molecule has 0 heterocycles. The number of ether oxygens (including phenoxy) is 1. The Morgan fingerprint density at radius 3 is 2.26 bits per heavy atom. The van der Waals surface area contributed by atoms with Gasteiger partial charge in [-0.25, -0.2) is 0 Å². The third-order valence-corrected chi connectivity index (χ3v) is 4.32. The van der Waals surface area contributed by atoms with Gasteiger partial charge in [-0.05, 0) is 55.8 Å². The molecule has 4 heteroatoms. The van der Waals surface area contributed by atoms with Gasteiger partial charge in [-0.3, -0.25) is 4.90 Å². The topological polar surface area (TPSA) is 52.9 Å². The Morgan fingerprint density at radius 1 is 1.09 bits per heavy atom. The van der Waals surface area contributed by atoms with E-state index in [-0.39, 0.29) is 12.6 Å². The molecule has 0 aliphatic rings. The highest BCUT2D eigenvalue weighted by molar-refractivity contribution is 5.41. The molecule has 2 N–H and O–H groups in total. The zero-order chi connectivity index (χ0) is 17.0. The summed E-state index contributed by atoms with van der Waals surface area (Å²) in [5.41, 5.74) is 4.10. The maximum atomic E-state index is 10.2. The number of benzene rings is 2. The summed E-state index contributed by atoms with van der Waals surface area (Å²) in [5, 5.41) is 19.9. The van der Waals surface area contributed by atoms with E-state index in [1.54, 1.807) is 13.2 Å². The van der Waals surface area contributed by atoms with E-state index in [2.05, 4.69) is 0 Å². The Bertz CT molecular complexity index is 652. The lowest BCUT2D eigenvalue weighted by atomic mass is 10.0. The average molecular weight is 315 g/mol. The monoisotopic (exact) mass is 315 g/mol. The predicted molar refractivity (Wildman–Crippen MR) is 91.9 cm³/mol. The first-order valence-corrected chi connectivity index (χ1v) is 7.70. The molecular weight excluding hydrogens is 290 g/mol. The Morgan fingerprint density at radius 2 is 1.70 bits per heavy atom. The highest BCUT2D eigenvalue weighted by Crippen LogP contribution is 2.27. The van der Waals surface area contributed by atoms with Gasteiger partial charge in [-0.1, -0.05) is 18.2 Å². The van der Waals surface area contributed by atoms with E-state index in [4.69, 9.17) is 4.74 Å². The van der Waals surface area contributed by atoms with Crippen LogP contribution in [0.1, 0.15) is 28.3 Å². The third-order valence-electron chi connectivity index (χ3n) is 4.32. The quantitative estimate of drug-likeness (QED) is 0.859. The smallest absolute Gasteiger partial charge is 0.120 e. The van der Waals surface area contributed by atoms with Crippen LogP contribution in [0.2, 0.25) is 0 Å². The third kappa shape index (κ3) is 4.03. The molecule has 0 aliphatic heterocycles. The molecule has 0 bridgehead atoms. The van der Waals surface area contributed by atoms with Crippen LogP contribution in [-0.2, 0) is 6.54 Å². The number of aryl methyl sites for hydroxylation is 2. The fourth-order valence-electron chi connectivity index (χ4n) is 2.69. The van der Waals surface area contributed by atoms with Crippen molar-refractivity contribution < 1.29 is 14.9 Å². The summed E-state index contributed by atoms with van der Waals surface area (Å²) < 4.78 is 5.17. The summed E-state index contributed by atoms with van der Waals surface area (Å²) in [5.74, 6) is 1.09. The van der Waals surface area contributed by atoms with Gasteiger partial charge in [0.1, 0.15) is 11.5 Å². The number of hydrogen-bond acceptors (Lipinski definition) is 4. The van der Waals surface area contributed by atoms with Crippen LogP contribution in [0.3, 0.4) is 0 Å². The number of aliphatic hydroxyl groups excluding tert-OH is 1. The van der Waals surface area contributed by atoms with Crippen LogP contribution in [0.4, 0.5) is 0 Å². The lowest BCUT2D eigenvalue weighted by molar-refractivity contribution is 0.141. The van der Waals surface area contributed by atoms with E-state index >= 15 is 0 Å². The van der Waals surface area contributed by atoms with Crippen molar-refractivity contribution in [2.75, 3.05) is 20.8 Å². The summed E-state index contributed by atoms with van der Waals surface area (Å²) in [6.45, 7) is 4.58. The molecule has 0 radical (unpaired) electrons. The van der Waals surface area contributed by atoms with Gasteiger partial charge in [0.2, 0.25) is 0 Å². The number of aliphatic hydroxyl groups is 1. The summed E-state index contributed by atoms with van der Waals surface area (Å²) in [4.78, 5) is 2.03. The van der Waals surface area contributed by atoms with Crippen LogP contribution in [0, 0.1) is 13.8 Å². The van der Waals surface area contributed by atoms with Crippen molar-refractivity contribution >= 4 is 0 Å². The minimum absolute atomic E-state index is 0.00837. The van der Waals surface area contributed by atoms with E-state index in [1.807, 2.05) is 56.1 Å². The van der Waals surface area contributed by atoms with Gasteiger partial charge in [-0.2, -0.15) is 0 Å². The van der Waals surface area contributed by atoms with E-state index in [0.717, 1.165) is 28.0 Å². The molecule has 0 aromatic heterocycles. The highest BCUT2D eigenvalue weighted by Gasteiger charge is 2.18. The zero-order valence-corrected chi connectivity index (χ0v) is 14.2. The lowest BCUT2D eigenvalue weighted by Crippen LogP contribution is -2.27. The van der Waals surface area contributed by atoms with Crippen molar-refractivity contribution in [3.8, 4) is 11.5 Å². The van der Waals surface area contributed by atoms with Gasteiger partial charge < -0.3 is 14.9 Å². The maximum Gasteiger partial charge on any atom is 0.120 e. The molecule has 0 aliphatic carbocycles. The van der Waals surface area contributed by atoms with Gasteiger partial charge in [0.05, 0.1) is 19.8 Å². The highest BCUT2D eigenvalue weighted by atomic mass is 16.5. The molecule has 1 atom stereocenters. The molecule has 124 valence electrons. The van der Waals surface area contributed by atoms with Crippen LogP contribution in [0.25, 0.3) is 0 Å². The summed E-state index contributed by atoms with van der Waals surface area (Å²) in [6.07, 6.45) is 0. The standard InChI is InChI=1S/C19H25NO3/c1-13-9-16(19(22)10-14(13)2)11-20(3)18(12-21)15-5-7-17(23-4)8-6-15/h5-10,18,21-22H,11-12H2,1-4H3. The van der Waals surface area contributed by atoms with Crippen LogP contribution in [0.15, 0.2) is 36.4 Å². The number of methoxy groups -OCH3 is 1. The number of phenols is 1. The van der Waals surface area contributed by atoms with E-state index in [9.17, 15) is 10.2 Å². The van der Waals surface area contributed by atoms with Crippen molar-refractivity contribution in [1.82, 2.24) is 4.90 Å². The van der Waals surface area contributed by atoms with Crippen LogP contribution in [0.5, 0.6) is 11.5 Å². The van der Waals surface area contributed by atoms with Crippen LogP contribution < -0.4 is 4.74 Å². The number of phenolic OH excluding ortho intramolecular Hbond substituents is 1. The summed E-state index contributed by atoms with van der Waals surface area (Å²) >= 11 is 0. The van der Waals surface area contributed by atoms with Crippen molar-refractivity contribution in [1.29, 1.82) is 0 Å². The van der Waals surface area contributed by atoms with E-state index in [1.165, 1.54) is 0 Å². The average Bonchev–Trinajstić information content (AvgIpc) is 2.54. The van der Waals surface area contributed by atoms with Crippen molar-refractivity contribution in [2.24, 2.45) is 0 Å². The largest absolute Gasteiger partial charge is 0.508 e. The fourth-order valence-corrected chi connectivity index (χ4v) is 2.69. The molecule has 2 aromatic rings. The Kier molecular flexibility index (Phi) is 5.64. The maximum absolute atomic E-state index is 10.2. The molecule has 23 heavy (non-hydrogen) atoms. The molecule has 0 saturated heterocycles. The Balaban J connectivity index is 2.19. The van der Waals surface area contributed by atoms with E-state index in [0.29, 0.717) is 12.3 Å². The summed E-state index contributed by atoms with van der Waals surface area (Å²) in [7, 11) is 3.58. The Hall–Kier alpha value is -2.04. The van der Waals surface area contributed by atoms with Gasteiger partial charge in [0.25, 0.3) is 0 Å². The SMILES string of the molecule is COc1ccc(C(CO)N(C)Cc2cc(C)c(C)cc2O)cc1. The molecule has 0 saturated carbocycles. The minimum Gasteiger partial charge on any atom is -0.508 e. The molecule has 2 aromatic carbocycles.